The molecule has 0 radical (unpaired) electrons. The molecule has 0 fully saturated rings. The van der Waals surface area contributed by atoms with Gasteiger partial charge in [0.15, 0.2) is 0 Å². The third-order valence-corrected chi connectivity index (χ3v) is 3.72. The van der Waals surface area contributed by atoms with Gasteiger partial charge in [0.25, 0.3) is 5.91 Å². The summed E-state index contributed by atoms with van der Waals surface area (Å²) < 4.78 is 7.56. The number of nitrogens with zero attached hydrogens (tertiary/aromatic N) is 1. The van der Waals surface area contributed by atoms with Crippen LogP contribution in [0.1, 0.15) is 15.9 Å². The van der Waals surface area contributed by atoms with Crippen LogP contribution in [0.2, 0.25) is 0 Å². The number of carbonyl (C=O) groups is 1. The first kappa shape index (κ1) is 12.0. The van der Waals surface area contributed by atoms with Crippen molar-refractivity contribution in [2.45, 2.75) is 6.61 Å². The Labute approximate surface area is 122 Å². The number of aromatic nitrogens is 1. The van der Waals surface area contributed by atoms with Crippen molar-refractivity contribution >= 4 is 5.91 Å². The van der Waals surface area contributed by atoms with Crippen LogP contribution >= 0.6 is 0 Å². The zero-order valence-corrected chi connectivity index (χ0v) is 11.3. The summed E-state index contributed by atoms with van der Waals surface area (Å²) in [5.74, 6) is 0.757. The van der Waals surface area contributed by atoms with Crippen molar-refractivity contribution in [2.24, 2.45) is 0 Å². The van der Waals surface area contributed by atoms with E-state index >= 15 is 0 Å². The molecule has 3 heteroatoms. The Morgan fingerprint density at radius 1 is 0.857 bits per heavy atom. The largest absolute Gasteiger partial charge is 0.487 e. The molecule has 2 aromatic carbocycles. The molecule has 3 aromatic rings. The molecule has 0 bridgehead atoms. The molecule has 1 aromatic heterocycles. The molecule has 0 saturated heterocycles. The van der Waals surface area contributed by atoms with Crippen LogP contribution in [-0.2, 0) is 6.61 Å². The molecule has 0 aliphatic carbocycles. The lowest BCUT2D eigenvalue weighted by Crippen LogP contribution is -2.03. The molecule has 0 N–H and O–H groups in total. The van der Waals surface area contributed by atoms with Crippen molar-refractivity contribution in [1.29, 1.82) is 0 Å². The van der Waals surface area contributed by atoms with Gasteiger partial charge in [-0.1, -0.05) is 48.5 Å². The van der Waals surface area contributed by atoms with E-state index in [0.29, 0.717) is 6.61 Å². The van der Waals surface area contributed by atoms with Gasteiger partial charge in [0.1, 0.15) is 12.4 Å². The Balaban J connectivity index is 1.69. The van der Waals surface area contributed by atoms with Gasteiger partial charge in [-0.05, 0) is 17.7 Å². The lowest BCUT2D eigenvalue weighted by molar-refractivity contribution is 0.0969. The van der Waals surface area contributed by atoms with Crippen LogP contribution < -0.4 is 4.74 Å². The molecule has 102 valence electrons. The molecule has 0 saturated carbocycles. The van der Waals surface area contributed by atoms with Crippen LogP contribution in [0.25, 0.3) is 11.3 Å². The van der Waals surface area contributed by atoms with E-state index in [9.17, 15) is 4.79 Å². The van der Waals surface area contributed by atoms with Gasteiger partial charge < -0.3 is 4.74 Å². The average Bonchev–Trinajstić information content (AvgIpc) is 3.07. The lowest BCUT2D eigenvalue weighted by atomic mass is 10.1. The Bertz CT molecular complexity index is 818. The molecule has 21 heavy (non-hydrogen) atoms. The molecule has 0 atom stereocenters. The summed E-state index contributed by atoms with van der Waals surface area (Å²) in [5.41, 5.74) is 3.63. The average molecular weight is 275 g/mol. The molecule has 4 rings (SSSR count). The zero-order valence-electron chi connectivity index (χ0n) is 11.3. The van der Waals surface area contributed by atoms with E-state index in [0.717, 1.165) is 28.1 Å². The second kappa shape index (κ2) is 4.63. The van der Waals surface area contributed by atoms with Gasteiger partial charge in [-0.3, -0.25) is 9.36 Å². The minimum Gasteiger partial charge on any atom is -0.487 e. The fourth-order valence-electron chi connectivity index (χ4n) is 2.70. The van der Waals surface area contributed by atoms with E-state index < -0.39 is 0 Å². The van der Waals surface area contributed by atoms with Crippen molar-refractivity contribution in [1.82, 2.24) is 4.57 Å². The monoisotopic (exact) mass is 275 g/mol. The predicted octanol–water partition coefficient (Wildman–Crippen LogP) is 3.74. The summed E-state index contributed by atoms with van der Waals surface area (Å²) >= 11 is 0. The number of ether oxygens (including phenoxy) is 1. The van der Waals surface area contributed by atoms with Crippen molar-refractivity contribution in [3.63, 3.8) is 0 Å². The highest BCUT2D eigenvalue weighted by atomic mass is 16.5. The second-order valence-corrected chi connectivity index (χ2v) is 5.02. The Hall–Kier alpha value is -2.81. The van der Waals surface area contributed by atoms with Crippen LogP contribution in [0, 0.1) is 0 Å². The summed E-state index contributed by atoms with van der Waals surface area (Å²) in [7, 11) is 0. The highest BCUT2D eigenvalue weighted by Gasteiger charge is 2.28. The number of hydrogen-bond donors (Lipinski definition) is 0. The van der Waals surface area contributed by atoms with Crippen LogP contribution in [0.4, 0.5) is 0 Å². The quantitative estimate of drug-likeness (QED) is 0.570. The summed E-state index contributed by atoms with van der Waals surface area (Å²) in [6.45, 7) is 0.494. The van der Waals surface area contributed by atoms with E-state index in [1.54, 1.807) is 10.8 Å². The summed E-state index contributed by atoms with van der Waals surface area (Å²) in [6.07, 6.45) is 1.78. The zero-order chi connectivity index (χ0) is 14.2. The minimum absolute atomic E-state index is 0.00941. The third-order valence-electron chi connectivity index (χ3n) is 3.72. The first-order valence-corrected chi connectivity index (χ1v) is 6.87. The number of benzene rings is 2. The van der Waals surface area contributed by atoms with Gasteiger partial charge in [-0.25, -0.2) is 0 Å². The van der Waals surface area contributed by atoms with E-state index in [2.05, 4.69) is 0 Å². The van der Waals surface area contributed by atoms with Crippen LogP contribution in [0.3, 0.4) is 0 Å². The van der Waals surface area contributed by atoms with E-state index in [4.69, 9.17) is 4.74 Å². The molecule has 3 nitrogen and oxygen atoms in total. The standard InChI is InChI=1S/C18H13NO2/c20-18-15-9-5-4-8-14(15)17-16(10-11-19(17)18)21-12-13-6-2-1-3-7-13/h1-11H,12H2. The van der Waals surface area contributed by atoms with E-state index in [-0.39, 0.29) is 5.91 Å². The van der Waals surface area contributed by atoms with Gasteiger partial charge in [0, 0.05) is 17.3 Å². The van der Waals surface area contributed by atoms with Gasteiger partial charge in [-0.2, -0.15) is 0 Å². The highest BCUT2D eigenvalue weighted by molar-refractivity contribution is 6.10. The van der Waals surface area contributed by atoms with Crippen LogP contribution in [0.5, 0.6) is 5.75 Å². The van der Waals surface area contributed by atoms with E-state index in [1.807, 2.05) is 60.7 Å². The fourth-order valence-corrected chi connectivity index (χ4v) is 2.70. The van der Waals surface area contributed by atoms with Crippen molar-refractivity contribution < 1.29 is 9.53 Å². The van der Waals surface area contributed by atoms with Gasteiger partial charge in [0.2, 0.25) is 0 Å². The van der Waals surface area contributed by atoms with Gasteiger partial charge in [-0.15, -0.1) is 0 Å². The lowest BCUT2D eigenvalue weighted by Gasteiger charge is -2.07. The minimum atomic E-state index is 0.00941. The normalized spacial score (nSPS) is 12.1. The van der Waals surface area contributed by atoms with Crippen molar-refractivity contribution in [3.8, 4) is 17.0 Å². The first-order valence-electron chi connectivity index (χ1n) is 6.87. The highest BCUT2D eigenvalue weighted by Crippen LogP contribution is 2.39. The molecule has 0 spiro atoms. The van der Waals surface area contributed by atoms with Crippen molar-refractivity contribution in [3.05, 3.63) is 78.0 Å². The summed E-state index contributed by atoms with van der Waals surface area (Å²) in [4.78, 5) is 12.3. The Kier molecular flexibility index (Phi) is 2.64. The maximum Gasteiger partial charge on any atom is 0.263 e. The number of hydrogen-bond acceptors (Lipinski definition) is 2. The van der Waals surface area contributed by atoms with E-state index in [1.165, 1.54) is 0 Å². The molecular formula is C18H13NO2. The fraction of sp³-hybridized carbons (Fsp3) is 0.0556. The summed E-state index contributed by atoms with van der Waals surface area (Å²) in [5, 5.41) is 0. The van der Waals surface area contributed by atoms with Crippen LogP contribution in [-0.4, -0.2) is 10.5 Å². The second-order valence-electron chi connectivity index (χ2n) is 5.02. The predicted molar refractivity (Wildman–Crippen MR) is 80.4 cm³/mol. The maximum atomic E-state index is 12.3. The molecule has 1 aliphatic rings. The molecule has 2 heterocycles. The number of rotatable bonds is 3. The maximum absolute atomic E-state index is 12.3. The molecule has 0 amide bonds. The third kappa shape index (κ3) is 1.86. The van der Waals surface area contributed by atoms with Crippen molar-refractivity contribution in [2.75, 3.05) is 0 Å². The molecule has 1 aliphatic heterocycles. The molecule has 0 unspecified atom stereocenters. The number of carbonyl (C=O) groups excluding carboxylic acids is 1. The Morgan fingerprint density at radius 3 is 2.38 bits per heavy atom. The first-order chi connectivity index (χ1) is 10.3. The smallest absolute Gasteiger partial charge is 0.263 e. The Morgan fingerprint density at radius 2 is 1.57 bits per heavy atom. The molecular weight excluding hydrogens is 262 g/mol. The van der Waals surface area contributed by atoms with Gasteiger partial charge in [0.05, 0.1) is 5.69 Å². The van der Waals surface area contributed by atoms with Gasteiger partial charge >= 0.3 is 0 Å². The topological polar surface area (TPSA) is 31.2 Å². The SMILES string of the molecule is O=C1c2ccccc2-c2c(OCc3ccccc3)ccn21. The van der Waals surface area contributed by atoms with Crippen LogP contribution in [0.15, 0.2) is 66.9 Å². The number of fused-ring (bicyclic) bond motifs is 3. The summed E-state index contributed by atoms with van der Waals surface area (Å²) in [6, 6.07) is 19.5.